The van der Waals surface area contributed by atoms with Crippen LogP contribution in [0.1, 0.15) is 105 Å². The molecular weight excluding hydrogens is 713 g/mol. The topological polar surface area (TPSA) is 181 Å². The fourth-order valence-electron chi connectivity index (χ4n) is 6.72. The third-order valence-electron chi connectivity index (χ3n) is 10.1. The van der Waals surface area contributed by atoms with Crippen LogP contribution < -0.4 is 16.4 Å². The standard InChI is InChI=1S/C41H62N10O5/c1-28-29(2)32(20-19-30(28)25-34(53)48(6)7)46-39(54)36-35-37(42)44-27-45-38(35)51(47-36)31-17-15-24-50(26-31)33(52)18-16-23-49(8)22-14-12-10-9-11-13-21-43-40(55)56-41(3,4)5/h16,18-20,27,31H,9-15,17,21-26H2,1-8H3,(H,43,55)(H,46,54)(H2,42,44,45)/b18-16+/t31-/m1/s1. The van der Waals surface area contributed by atoms with E-state index in [0.717, 1.165) is 74.6 Å². The summed E-state index contributed by atoms with van der Waals surface area (Å²) in [6.07, 6.45) is 12.9. The number of alkyl carbamates (subject to hydrolysis) is 1. The van der Waals surface area contributed by atoms with Gasteiger partial charge in [0.15, 0.2) is 11.3 Å². The summed E-state index contributed by atoms with van der Waals surface area (Å²) in [7, 11) is 5.51. The summed E-state index contributed by atoms with van der Waals surface area (Å²) in [5.41, 5.74) is 9.66. The van der Waals surface area contributed by atoms with E-state index in [1.165, 1.54) is 6.33 Å². The zero-order valence-corrected chi connectivity index (χ0v) is 34.6. The van der Waals surface area contributed by atoms with Crippen LogP contribution in [0.5, 0.6) is 0 Å². The third-order valence-corrected chi connectivity index (χ3v) is 10.1. The molecule has 4 N–H and O–H groups in total. The highest BCUT2D eigenvalue weighted by Gasteiger charge is 2.30. The molecule has 56 heavy (non-hydrogen) atoms. The zero-order chi connectivity index (χ0) is 41.0. The zero-order valence-electron chi connectivity index (χ0n) is 34.6. The number of nitrogen functional groups attached to an aromatic ring is 1. The lowest BCUT2D eigenvalue weighted by molar-refractivity contribution is -0.128. The number of aromatic nitrogens is 4. The monoisotopic (exact) mass is 774 g/mol. The van der Waals surface area contributed by atoms with E-state index < -0.39 is 11.5 Å². The Hall–Kier alpha value is -5.05. The van der Waals surface area contributed by atoms with Gasteiger partial charge in [-0.2, -0.15) is 5.10 Å². The number of nitrogens with zero attached hydrogens (tertiary/aromatic N) is 7. The quantitative estimate of drug-likeness (QED) is 0.118. The van der Waals surface area contributed by atoms with Gasteiger partial charge in [0.1, 0.15) is 17.7 Å². The maximum absolute atomic E-state index is 13.8. The van der Waals surface area contributed by atoms with Crippen molar-refractivity contribution in [3.05, 3.63) is 53.0 Å². The smallest absolute Gasteiger partial charge is 0.407 e. The van der Waals surface area contributed by atoms with Gasteiger partial charge in [-0.3, -0.25) is 14.4 Å². The first-order chi connectivity index (χ1) is 26.6. The maximum atomic E-state index is 13.8. The summed E-state index contributed by atoms with van der Waals surface area (Å²) >= 11 is 0. The molecule has 3 heterocycles. The molecule has 1 aliphatic rings. The Morgan fingerprint density at radius 3 is 2.43 bits per heavy atom. The lowest BCUT2D eigenvalue weighted by Crippen LogP contribution is -2.40. The van der Waals surface area contributed by atoms with Gasteiger partial charge >= 0.3 is 6.09 Å². The van der Waals surface area contributed by atoms with Crippen LogP contribution in [-0.2, 0) is 20.7 Å². The maximum Gasteiger partial charge on any atom is 0.407 e. The number of carbonyl (C=O) groups is 4. The molecule has 1 fully saturated rings. The van der Waals surface area contributed by atoms with Gasteiger partial charge in [-0.05, 0) is 96.7 Å². The number of ether oxygens (including phenoxy) is 1. The van der Waals surface area contributed by atoms with Crippen molar-refractivity contribution in [3.8, 4) is 0 Å². The molecule has 1 saturated heterocycles. The summed E-state index contributed by atoms with van der Waals surface area (Å²) in [5.74, 6) is -0.361. The number of piperidine rings is 1. The number of nitrogens with two attached hydrogens (primary N) is 1. The first-order valence-electron chi connectivity index (χ1n) is 19.8. The van der Waals surface area contributed by atoms with E-state index in [4.69, 9.17) is 15.6 Å². The van der Waals surface area contributed by atoms with E-state index in [1.807, 2.05) is 51.7 Å². The van der Waals surface area contributed by atoms with Crippen molar-refractivity contribution in [2.24, 2.45) is 0 Å². The normalized spacial score (nSPS) is 14.7. The van der Waals surface area contributed by atoms with Crippen LogP contribution in [0.3, 0.4) is 0 Å². The highest BCUT2D eigenvalue weighted by Crippen LogP contribution is 2.30. The molecule has 15 heteroatoms. The Morgan fingerprint density at radius 2 is 1.71 bits per heavy atom. The number of hydrogen-bond acceptors (Lipinski definition) is 10. The highest BCUT2D eigenvalue weighted by atomic mass is 16.6. The van der Waals surface area contributed by atoms with Crippen LogP contribution in [0.15, 0.2) is 30.6 Å². The molecular formula is C41H62N10O5. The number of nitrogens with one attached hydrogen (secondary N) is 2. The molecule has 4 rings (SSSR count). The van der Waals surface area contributed by atoms with Crippen molar-refractivity contribution >= 4 is 46.4 Å². The lowest BCUT2D eigenvalue weighted by atomic mass is 9.98. The molecule has 1 atom stereocenters. The summed E-state index contributed by atoms with van der Waals surface area (Å²) in [6.45, 7) is 12.7. The number of amides is 4. The second-order valence-corrected chi connectivity index (χ2v) is 16.0. The van der Waals surface area contributed by atoms with E-state index in [9.17, 15) is 19.2 Å². The number of unbranched alkanes of at least 4 members (excludes halogenated alkanes) is 5. The molecule has 0 unspecified atom stereocenters. The number of carbonyl (C=O) groups excluding carboxylic acids is 4. The summed E-state index contributed by atoms with van der Waals surface area (Å²) < 4.78 is 6.98. The number of likely N-dealkylation sites (tertiary alicyclic amines) is 1. The van der Waals surface area contributed by atoms with Gasteiger partial charge in [0.25, 0.3) is 5.91 Å². The first-order valence-corrected chi connectivity index (χ1v) is 19.8. The Morgan fingerprint density at radius 1 is 1.00 bits per heavy atom. The summed E-state index contributed by atoms with van der Waals surface area (Å²) in [6, 6.07) is 3.45. The molecule has 0 spiro atoms. The molecule has 0 saturated carbocycles. The van der Waals surface area contributed by atoms with Gasteiger partial charge in [-0.15, -0.1) is 0 Å². The van der Waals surface area contributed by atoms with Crippen molar-refractivity contribution in [2.45, 2.75) is 104 Å². The Kier molecular flexibility index (Phi) is 15.8. The predicted octanol–water partition coefficient (Wildman–Crippen LogP) is 5.43. The molecule has 0 bridgehead atoms. The molecule has 1 aromatic carbocycles. The molecule has 3 aromatic rings. The van der Waals surface area contributed by atoms with Crippen LogP contribution in [0.25, 0.3) is 11.0 Å². The summed E-state index contributed by atoms with van der Waals surface area (Å²) in [5, 5.41) is 10.9. The second-order valence-electron chi connectivity index (χ2n) is 16.0. The lowest BCUT2D eigenvalue weighted by Gasteiger charge is -2.32. The number of fused-ring (bicyclic) bond motifs is 1. The van der Waals surface area contributed by atoms with Crippen LogP contribution in [0.2, 0.25) is 0 Å². The molecule has 0 aliphatic carbocycles. The van der Waals surface area contributed by atoms with E-state index in [1.54, 1.807) is 35.8 Å². The molecule has 306 valence electrons. The van der Waals surface area contributed by atoms with Crippen LogP contribution in [-0.4, -0.2) is 118 Å². The van der Waals surface area contributed by atoms with Gasteiger partial charge in [0, 0.05) is 52.0 Å². The minimum Gasteiger partial charge on any atom is -0.444 e. The van der Waals surface area contributed by atoms with Gasteiger partial charge in [-0.1, -0.05) is 37.8 Å². The number of likely N-dealkylation sites (N-methyl/N-ethyl adjacent to an activating group) is 2. The predicted molar refractivity (Wildman–Crippen MR) is 219 cm³/mol. The van der Waals surface area contributed by atoms with Crippen LogP contribution in [0.4, 0.5) is 16.3 Å². The minimum atomic E-state index is -0.481. The summed E-state index contributed by atoms with van der Waals surface area (Å²) in [4.78, 5) is 65.4. The highest BCUT2D eigenvalue weighted by molar-refractivity contribution is 6.13. The van der Waals surface area contributed by atoms with Gasteiger partial charge < -0.3 is 35.8 Å². The largest absolute Gasteiger partial charge is 0.444 e. The minimum absolute atomic E-state index is 0.00224. The van der Waals surface area contributed by atoms with Crippen molar-refractivity contribution in [2.75, 3.05) is 64.9 Å². The van der Waals surface area contributed by atoms with Crippen LogP contribution in [0, 0.1) is 13.8 Å². The molecule has 4 amide bonds. The average molecular weight is 775 g/mol. The second kappa shape index (κ2) is 20.2. The van der Waals surface area contributed by atoms with Crippen molar-refractivity contribution in [3.63, 3.8) is 0 Å². The molecule has 1 aliphatic heterocycles. The van der Waals surface area contributed by atoms with Crippen molar-refractivity contribution < 1.29 is 23.9 Å². The van der Waals surface area contributed by atoms with E-state index in [2.05, 4.69) is 32.5 Å². The van der Waals surface area contributed by atoms with Gasteiger partial charge in [-0.25, -0.2) is 19.4 Å². The van der Waals surface area contributed by atoms with E-state index in [0.29, 0.717) is 42.9 Å². The number of rotatable bonds is 17. The molecule has 2 aromatic heterocycles. The number of anilines is 2. The third kappa shape index (κ3) is 12.5. The van der Waals surface area contributed by atoms with Crippen molar-refractivity contribution in [1.29, 1.82) is 0 Å². The number of hydrogen-bond donors (Lipinski definition) is 3. The van der Waals surface area contributed by atoms with Crippen LogP contribution >= 0.6 is 0 Å². The fourth-order valence-corrected chi connectivity index (χ4v) is 6.72. The fraction of sp³-hybridized carbons (Fsp3) is 0.585. The Labute approximate surface area is 331 Å². The number of benzene rings is 1. The average Bonchev–Trinajstić information content (AvgIpc) is 3.54. The Balaban J connectivity index is 1.27. The van der Waals surface area contributed by atoms with Crippen molar-refractivity contribution in [1.82, 2.24) is 39.8 Å². The first kappa shape index (κ1) is 43.7. The van der Waals surface area contributed by atoms with E-state index >= 15 is 0 Å². The Bertz CT molecular complexity index is 1860. The van der Waals surface area contributed by atoms with E-state index in [-0.39, 0.29) is 41.9 Å². The van der Waals surface area contributed by atoms with Gasteiger partial charge in [0.2, 0.25) is 11.8 Å². The molecule has 15 nitrogen and oxygen atoms in total. The SMILES string of the molecule is Cc1c(CC(=O)N(C)C)ccc(NC(=O)c2nn([C@@H]3CCCN(C(=O)/C=C/CN(C)CCCCCCCCNC(=O)OC(C)(C)C)C3)c3ncnc(N)c23)c1C. The molecule has 0 radical (unpaired) electrons. The van der Waals surface area contributed by atoms with Gasteiger partial charge in [0.05, 0.1) is 17.8 Å².